The number of hydrogen-bond acceptors (Lipinski definition) is 1. The van der Waals surface area contributed by atoms with Crippen molar-refractivity contribution in [3.63, 3.8) is 0 Å². The Labute approximate surface area is 98.5 Å². The summed E-state index contributed by atoms with van der Waals surface area (Å²) in [4.78, 5) is 2.56. The monoisotopic (exact) mass is 215 g/mol. The number of piperidine rings is 1. The van der Waals surface area contributed by atoms with Crippen molar-refractivity contribution in [1.29, 1.82) is 0 Å². The molecule has 1 aromatic carbocycles. The highest BCUT2D eigenvalue weighted by Gasteiger charge is 2.36. The number of nitrogens with zero attached hydrogens (tertiary/aromatic N) is 1. The predicted molar refractivity (Wildman–Crippen MR) is 68.8 cm³/mol. The van der Waals surface area contributed by atoms with Crippen LogP contribution in [-0.4, -0.2) is 13.1 Å². The Morgan fingerprint density at radius 3 is 2.06 bits per heavy atom. The summed E-state index contributed by atoms with van der Waals surface area (Å²) in [6, 6.07) is 10.9. The first-order valence-electron chi connectivity index (χ1n) is 6.68. The molecule has 1 heterocycles. The van der Waals surface area contributed by atoms with E-state index in [2.05, 4.69) is 35.2 Å². The minimum Gasteiger partial charge on any atom is -0.371 e. The van der Waals surface area contributed by atoms with Gasteiger partial charge in [0.25, 0.3) is 0 Å². The molecule has 3 rings (SSSR count). The van der Waals surface area contributed by atoms with Crippen molar-refractivity contribution in [2.24, 2.45) is 5.41 Å². The van der Waals surface area contributed by atoms with E-state index in [1.807, 2.05) is 0 Å². The molecule has 0 aromatic heterocycles. The zero-order valence-corrected chi connectivity index (χ0v) is 9.99. The largest absolute Gasteiger partial charge is 0.371 e. The Morgan fingerprint density at radius 1 is 0.812 bits per heavy atom. The van der Waals surface area contributed by atoms with Crippen LogP contribution < -0.4 is 4.90 Å². The van der Waals surface area contributed by atoms with Crippen molar-refractivity contribution in [1.82, 2.24) is 0 Å². The Balaban J connectivity index is 1.66. The third-order valence-corrected chi connectivity index (χ3v) is 4.61. The van der Waals surface area contributed by atoms with E-state index in [-0.39, 0.29) is 0 Å². The first kappa shape index (κ1) is 10.2. The van der Waals surface area contributed by atoms with Crippen molar-refractivity contribution >= 4 is 5.69 Å². The number of para-hydroxylation sites is 1. The zero-order valence-electron chi connectivity index (χ0n) is 9.99. The van der Waals surface area contributed by atoms with Crippen LogP contribution in [0.1, 0.15) is 38.5 Å². The van der Waals surface area contributed by atoms with Gasteiger partial charge in [-0.1, -0.05) is 31.0 Å². The fourth-order valence-electron chi connectivity index (χ4n) is 3.50. The van der Waals surface area contributed by atoms with Crippen molar-refractivity contribution in [2.45, 2.75) is 38.5 Å². The van der Waals surface area contributed by atoms with Gasteiger partial charge < -0.3 is 4.90 Å². The Hall–Kier alpha value is -0.980. The highest BCUT2D eigenvalue weighted by molar-refractivity contribution is 5.46. The van der Waals surface area contributed by atoms with E-state index in [0.717, 1.165) is 5.41 Å². The molecule has 1 aliphatic carbocycles. The SMILES string of the molecule is c1ccc(N2CCC3(CCCC3)CC2)cc1. The van der Waals surface area contributed by atoms with E-state index >= 15 is 0 Å². The smallest absolute Gasteiger partial charge is 0.0366 e. The highest BCUT2D eigenvalue weighted by Crippen LogP contribution is 2.46. The molecule has 1 spiro atoms. The van der Waals surface area contributed by atoms with Gasteiger partial charge in [-0.05, 0) is 43.2 Å². The molecule has 0 bridgehead atoms. The van der Waals surface area contributed by atoms with Crippen molar-refractivity contribution < 1.29 is 0 Å². The molecule has 0 unspecified atom stereocenters. The normalized spacial score (nSPS) is 23.9. The van der Waals surface area contributed by atoms with Crippen LogP contribution in [-0.2, 0) is 0 Å². The number of benzene rings is 1. The quantitative estimate of drug-likeness (QED) is 0.688. The van der Waals surface area contributed by atoms with Crippen LogP contribution in [0, 0.1) is 5.41 Å². The van der Waals surface area contributed by atoms with Crippen molar-refractivity contribution in [3.05, 3.63) is 30.3 Å². The molecule has 1 aromatic rings. The van der Waals surface area contributed by atoms with Crippen LogP contribution in [0.3, 0.4) is 0 Å². The standard InChI is InChI=1S/C15H21N/c1-2-6-14(7-3-1)16-12-10-15(11-13-16)8-4-5-9-15/h1-3,6-7H,4-5,8-13H2. The van der Waals surface area contributed by atoms with Gasteiger partial charge in [0.2, 0.25) is 0 Å². The predicted octanol–water partition coefficient (Wildman–Crippen LogP) is 3.85. The molecule has 0 N–H and O–H groups in total. The minimum atomic E-state index is 0.741. The summed E-state index contributed by atoms with van der Waals surface area (Å²) in [7, 11) is 0. The van der Waals surface area contributed by atoms with Gasteiger partial charge in [-0.25, -0.2) is 0 Å². The second-order valence-electron chi connectivity index (χ2n) is 5.53. The van der Waals surface area contributed by atoms with E-state index in [1.165, 1.54) is 57.3 Å². The van der Waals surface area contributed by atoms with E-state index in [9.17, 15) is 0 Å². The molecular formula is C15H21N. The molecule has 2 aliphatic rings. The molecule has 1 saturated heterocycles. The number of hydrogen-bond donors (Lipinski definition) is 0. The molecule has 2 fully saturated rings. The summed E-state index contributed by atoms with van der Waals surface area (Å²) in [6.45, 7) is 2.54. The van der Waals surface area contributed by atoms with Crippen LogP contribution in [0.15, 0.2) is 30.3 Å². The van der Waals surface area contributed by atoms with Crippen LogP contribution in [0.25, 0.3) is 0 Å². The maximum absolute atomic E-state index is 2.56. The van der Waals surface area contributed by atoms with Gasteiger partial charge in [-0.3, -0.25) is 0 Å². The second kappa shape index (κ2) is 4.12. The Bertz CT molecular complexity index is 328. The average molecular weight is 215 g/mol. The highest BCUT2D eigenvalue weighted by atomic mass is 15.1. The van der Waals surface area contributed by atoms with Crippen molar-refractivity contribution in [2.75, 3.05) is 18.0 Å². The summed E-state index contributed by atoms with van der Waals surface area (Å²) < 4.78 is 0. The van der Waals surface area contributed by atoms with E-state index in [4.69, 9.17) is 0 Å². The third kappa shape index (κ3) is 1.83. The Morgan fingerprint density at radius 2 is 1.44 bits per heavy atom. The summed E-state index contributed by atoms with van der Waals surface area (Å²) in [5.41, 5.74) is 2.15. The number of anilines is 1. The molecule has 16 heavy (non-hydrogen) atoms. The molecule has 1 aliphatic heterocycles. The molecular weight excluding hydrogens is 194 g/mol. The first-order chi connectivity index (χ1) is 7.88. The molecule has 1 nitrogen and oxygen atoms in total. The van der Waals surface area contributed by atoms with Crippen LogP contribution in [0.2, 0.25) is 0 Å². The van der Waals surface area contributed by atoms with Gasteiger partial charge in [0.05, 0.1) is 0 Å². The second-order valence-corrected chi connectivity index (χ2v) is 5.53. The number of rotatable bonds is 1. The summed E-state index contributed by atoms with van der Waals surface area (Å²) in [6.07, 6.45) is 8.78. The molecule has 1 heteroatoms. The summed E-state index contributed by atoms with van der Waals surface area (Å²) in [5, 5.41) is 0. The van der Waals surface area contributed by atoms with Gasteiger partial charge in [-0.15, -0.1) is 0 Å². The first-order valence-corrected chi connectivity index (χ1v) is 6.68. The molecule has 0 atom stereocenters. The average Bonchev–Trinajstić information content (AvgIpc) is 2.80. The van der Waals surface area contributed by atoms with Gasteiger partial charge >= 0.3 is 0 Å². The van der Waals surface area contributed by atoms with Crippen molar-refractivity contribution in [3.8, 4) is 0 Å². The lowest BCUT2D eigenvalue weighted by atomic mass is 9.77. The Kier molecular flexibility index (Phi) is 2.62. The molecule has 1 saturated carbocycles. The molecule has 86 valence electrons. The fourth-order valence-corrected chi connectivity index (χ4v) is 3.50. The minimum absolute atomic E-state index is 0.741. The van der Waals surface area contributed by atoms with Gasteiger partial charge in [-0.2, -0.15) is 0 Å². The maximum Gasteiger partial charge on any atom is 0.0366 e. The summed E-state index contributed by atoms with van der Waals surface area (Å²) in [5.74, 6) is 0. The molecule has 0 radical (unpaired) electrons. The summed E-state index contributed by atoms with van der Waals surface area (Å²) >= 11 is 0. The van der Waals surface area contributed by atoms with E-state index in [0.29, 0.717) is 0 Å². The van der Waals surface area contributed by atoms with Gasteiger partial charge in [0.15, 0.2) is 0 Å². The van der Waals surface area contributed by atoms with Gasteiger partial charge in [0, 0.05) is 18.8 Å². The van der Waals surface area contributed by atoms with E-state index < -0.39 is 0 Å². The maximum atomic E-state index is 2.56. The third-order valence-electron chi connectivity index (χ3n) is 4.61. The van der Waals surface area contributed by atoms with Crippen LogP contribution >= 0.6 is 0 Å². The van der Waals surface area contributed by atoms with Crippen LogP contribution in [0.5, 0.6) is 0 Å². The van der Waals surface area contributed by atoms with E-state index in [1.54, 1.807) is 0 Å². The topological polar surface area (TPSA) is 3.24 Å². The lowest BCUT2D eigenvalue weighted by Gasteiger charge is -2.40. The van der Waals surface area contributed by atoms with Crippen LogP contribution in [0.4, 0.5) is 5.69 Å². The van der Waals surface area contributed by atoms with Gasteiger partial charge in [0.1, 0.15) is 0 Å². The lowest BCUT2D eigenvalue weighted by Crippen LogP contribution is -2.38. The zero-order chi connectivity index (χ0) is 10.8. The molecule has 0 amide bonds. The lowest BCUT2D eigenvalue weighted by molar-refractivity contribution is 0.226. The fraction of sp³-hybridized carbons (Fsp3) is 0.600.